The molecule has 14 nitrogen and oxygen atoms in total. The van der Waals surface area contributed by atoms with E-state index in [0.29, 0.717) is 0 Å². The molecule has 2 aliphatic heterocycles. The summed E-state index contributed by atoms with van der Waals surface area (Å²) in [6, 6.07) is -0.887. The van der Waals surface area contributed by atoms with Crippen LogP contribution in [0.5, 0.6) is 0 Å². The summed E-state index contributed by atoms with van der Waals surface area (Å²) in [5.41, 5.74) is 0. The summed E-state index contributed by atoms with van der Waals surface area (Å²) in [6.07, 6.45) is -6.32. The molecule has 19 heteroatoms. The molecule has 0 spiro atoms. The number of hydrogen-bond acceptors (Lipinski definition) is 12. The third-order valence-corrected chi connectivity index (χ3v) is 5.72. The fraction of sp³-hybridized carbons (Fsp3) is 0.800. The van der Waals surface area contributed by atoms with Crippen molar-refractivity contribution in [3.05, 3.63) is 0 Å². The molecule has 2 heterocycles. The fourth-order valence-electron chi connectivity index (χ4n) is 2.42. The van der Waals surface area contributed by atoms with E-state index in [1.54, 1.807) is 0 Å². The molecule has 0 saturated carbocycles. The zero-order chi connectivity index (χ0) is 19.9. The van der Waals surface area contributed by atoms with Gasteiger partial charge >= 0.3 is 94.7 Å². The molecule has 29 heavy (non-hydrogen) atoms. The van der Waals surface area contributed by atoms with E-state index in [1.165, 1.54) is 6.92 Å². The minimum Gasteiger partial charge on any atom is -0.790 e. The van der Waals surface area contributed by atoms with Crippen molar-refractivity contribution in [2.24, 2.45) is 5.92 Å². The van der Waals surface area contributed by atoms with Gasteiger partial charge in [-0.15, -0.1) is 0 Å². The number of aliphatic hydroxyl groups excluding tert-OH is 2. The minimum atomic E-state index is -5.88. The maximum Gasteiger partial charge on any atom is 1.00 e. The van der Waals surface area contributed by atoms with Gasteiger partial charge in [0.1, 0.15) is 18.3 Å². The third kappa shape index (κ3) is 9.46. The van der Waals surface area contributed by atoms with E-state index >= 15 is 0 Å². The van der Waals surface area contributed by atoms with Crippen LogP contribution in [-0.2, 0) is 27.5 Å². The number of amides is 3. The van der Waals surface area contributed by atoms with Crippen LogP contribution in [0.4, 0.5) is 4.79 Å². The van der Waals surface area contributed by atoms with Gasteiger partial charge in [0.2, 0.25) is 5.91 Å². The van der Waals surface area contributed by atoms with Crippen LogP contribution >= 0.6 is 15.6 Å². The molecule has 2 aliphatic rings. The second-order valence-electron chi connectivity index (χ2n) is 5.67. The van der Waals surface area contributed by atoms with Crippen molar-refractivity contribution in [3.8, 4) is 0 Å². The number of rotatable bonds is 6. The van der Waals surface area contributed by atoms with Crippen molar-refractivity contribution in [1.29, 1.82) is 0 Å². The number of phosphoric acid groups is 2. The van der Waals surface area contributed by atoms with E-state index in [9.17, 15) is 43.6 Å². The van der Waals surface area contributed by atoms with Crippen molar-refractivity contribution in [1.82, 2.24) is 10.2 Å². The number of phosphoric ester groups is 1. The Hall–Kier alpha value is 2.08. The molecule has 0 aromatic carbocycles. The summed E-state index contributed by atoms with van der Waals surface area (Å²) in [4.78, 5) is 56.0. The average molecular weight is 486 g/mol. The Balaban J connectivity index is 0. The second kappa shape index (κ2) is 13.1. The summed E-state index contributed by atoms with van der Waals surface area (Å²) in [5, 5.41) is 21.9. The Bertz CT molecular complexity index is 680. The summed E-state index contributed by atoms with van der Waals surface area (Å²) < 4.78 is 34.1. The minimum absolute atomic E-state index is 0. The van der Waals surface area contributed by atoms with Gasteiger partial charge in [0.05, 0.1) is 20.3 Å². The van der Waals surface area contributed by atoms with Crippen LogP contribution in [0, 0.1) is 5.92 Å². The molecule has 0 aromatic rings. The molecule has 6 atom stereocenters. The van der Waals surface area contributed by atoms with Gasteiger partial charge in [-0.3, -0.25) is 23.9 Å². The Kier molecular flexibility index (Phi) is 15.0. The van der Waals surface area contributed by atoms with Gasteiger partial charge in [-0.05, 0) is 0 Å². The van der Waals surface area contributed by atoms with E-state index in [4.69, 9.17) is 4.74 Å². The largest absolute Gasteiger partial charge is 1.00 e. The first-order chi connectivity index (χ1) is 11.8. The quantitative estimate of drug-likeness (QED) is 0.235. The van der Waals surface area contributed by atoms with Crippen LogP contribution < -0.4 is 109 Å². The standard InChI is InChI=1S/C10H18N2O12P2.3Na/c1-4-2-12(10(16)11-8(4)15)9-7(14)6(13)5(23-9)3-22-26(20,21)24-25(17,18)19;;;/h4-7,9,13-14H,2-3H2,1H3,(H,20,21)(H,11,15,16)(H2,17,18,19);;;/q;3*+1/p-3/t4?,5-,6-,7-,9-;;;/m1.../s1. The topological polar surface area (TPSA) is 221 Å². The summed E-state index contributed by atoms with van der Waals surface area (Å²) in [7, 11) is -11.4. The van der Waals surface area contributed by atoms with Gasteiger partial charge in [0.25, 0.3) is 7.82 Å². The predicted molar refractivity (Wildman–Crippen MR) is 72.3 cm³/mol. The van der Waals surface area contributed by atoms with Crippen LogP contribution in [0.15, 0.2) is 0 Å². The predicted octanol–water partition coefficient (Wildman–Crippen LogP) is -13.0. The molecular formula is C10H15N2Na3O12P2. The molecule has 2 unspecified atom stereocenters. The van der Waals surface area contributed by atoms with Gasteiger partial charge < -0.3 is 38.7 Å². The first-order valence-electron chi connectivity index (χ1n) is 7.13. The van der Waals surface area contributed by atoms with Gasteiger partial charge in [-0.2, -0.15) is 0 Å². The number of nitrogens with one attached hydrogen (secondary N) is 1. The number of urea groups is 1. The van der Waals surface area contributed by atoms with Crippen molar-refractivity contribution in [2.45, 2.75) is 31.5 Å². The summed E-state index contributed by atoms with van der Waals surface area (Å²) in [5.74, 6) is -1.17. The van der Waals surface area contributed by atoms with Crippen LogP contribution in [0.1, 0.15) is 6.92 Å². The number of hydrogen-bond donors (Lipinski definition) is 3. The average Bonchev–Trinajstić information content (AvgIpc) is 2.75. The van der Waals surface area contributed by atoms with E-state index in [2.05, 4.69) is 8.83 Å². The molecule has 2 saturated heterocycles. The van der Waals surface area contributed by atoms with Gasteiger partial charge in [-0.25, -0.2) is 4.79 Å². The Labute approximate surface area is 231 Å². The summed E-state index contributed by atoms with van der Waals surface area (Å²) >= 11 is 0. The molecule has 0 aromatic heterocycles. The van der Waals surface area contributed by atoms with E-state index in [1.807, 2.05) is 5.32 Å². The zero-order valence-electron chi connectivity index (χ0n) is 16.1. The molecule has 0 radical (unpaired) electrons. The van der Waals surface area contributed by atoms with Crippen LogP contribution in [0.3, 0.4) is 0 Å². The van der Waals surface area contributed by atoms with E-state index in [-0.39, 0.29) is 95.2 Å². The second-order valence-corrected chi connectivity index (χ2v) is 8.37. The number of nitrogens with zero attached hydrogens (tertiary/aromatic N) is 1. The first-order valence-corrected chi connectivity index (χ1v) is 10.0. The molecule has 3 N–H and O–H groups in total. The molecule has 2 rings (SSSR count). The van der Waals surface area contributed by atoms with Crippen molar-refractivity contribution in [2.75, 3.05) is 13.2 Å². The summed E-state index contributed by atoms with van der Waals surface area (Å²) in [6.45, 7) is 0.368. The fourth-order valence-corrected chi connectivity index (χ4v) is 3.91. The van der Waals surface area contributed by atoms with Gasteiger partial charge in [-0.1, -0.05) is 6.92 Å². The van der Waals surface area contributed by atoms with Crippen molar-refractivity contribution in [3.63, 3.8) is 0 Å². The number of carbonyl (C=O) groups excluding carboxylic acids is 2. The first kappa shape index (κ1) is 33.3. The van der Waals surface area contributed by atoms with Crippen LogP contribution in [0.25, 0.3) is 0 Å². The molecular weight excluding hydrogens is 471 g/mol. The zero-order valence-corrected chi connectivity index (χ0v) is 23.9. The normalized spacial score (nSPS) is 31.7. The molecule has 3 amide bonds. The number of aliphatic hydroxyl groups is 2. The van der Waals surface area contributed by atoms with E-state index < -0.39 is 64.6 Å². The van der Waals surface area contributed by atoms with Gasteiger partial charge in [0, 0.05) is 6.54 Å². The smallest absolute Gasteiger partial charge is 0.790 e. The molecule has 0 bridgehead atoms. The van der Waals surface area contributed by atoms with E-state index in [0.717, 1.165) is 4.90 Å². The number of imide groups is 1. The Morgan fingerprint density at radius 3 is 2.24 bits per heavy atom. The van der Waals surface area contributed by atoms with Crippen molar-refractivity contribution < 1.29 is 146 Å². The Morgan fingerprint density at radius 1 is 1.17 bits per heavy atom. The molecule has 0 aliphatic carbocycles. The van der Waals surface area contributed by atoms with Crippen molar-refractivity contribution >= 4 is 27.6 Å². The van der Waals surface area contributed by atoms with Crippen LogP contribution in [0.2, 0.25) is 0 Å². The molecule has 150 valence electrons. The van der Waals surface area contributed by atoms with Gasteiger partial charge in [0.15, 0.2) is 6.23 Å². The maximum absolute atomic E-state index is 11.8. The van der Waals surface area contributed by atoms with Crippen LogP contribution in [-0.4, -0.2) is 64.7 Å². The number of ether oxygens (including phenoxy) is 1. The number of carbonyl (C=O) groups is 2. The third-order valence-electron chi connectivity index (χ3n) is 3.65. The molecule has 2 fully saturated rings. The SMILES string of the molecule is CC1CN([C@@H]2O[C@H](COP(=O)([O-])OP(=O)([O-])[O-])[C@@H](O)[C@H]2O)C(=O)NC1=O.[Na+].[Na+].[Na+]. The monoisotopic (exact) mass is 486 g/mol. The Morgan fingerprint density at radius 2 is 1.72 bits per heavy atom. The maximum atomic E-state index is 11.8.